The molecular formula is C14H23N2O6PS. The topological polar surface area (TPSA) is 103 Å². The Morgan fingerprint density at radius 3 is 2.83 bits per heavy atom. The van der Waals surface area contributed by atoms with Crippen molar-refractivity contribution in [2.24, 2.45) is 0 Å². The summed E-state index contributed by atoms with van der Waals surface area (Å²) in [4.78, 5) is 23.7. The number of hydrogen-bond donors (Lipinski definition) is 2. The molecular weight excluding hydrogens is 355 g/mol. The van der Waals surface area contributed by atoms with Gasteiger partial charge in [0.15, 0.2) is 4.77 Å². The van der Waals surface area contributed by atoms with Crippen molar-refractivity contribution in [3.8, 4) is 0 Å². The summed E-state index contributed by atoms with van der Waals surface area (Å²) in [5.74, 6) is 0. The second-order valence-electron chi connectivity index (χ2n) is 6.17. The molecule has 8 nitrogen and oxygen atoms in total. The van der Waals surface area contributed by atoms with Crippen LogP contribution in [0.5, 0.6) is 0 Å². The molecule has 0 bridgehead atoms. The Morgan fingerprint density at radius 2 is 2.25 bits per heavy atom. The molecule has 1 fully saturated rings. The number of nitrogens with one attached hydrogen (secondary N) is 1. The average Bonchev–Trinajstić information content (AvgIpc) is 2.81. The molecule has 2 N–H and O–H groups in total. The summed E-state index contributed by atoms with van der Waals surface area (Å²) in [5, 5.41) is 0. The van der Waals surface area contributed by atoms with Crippen molar-refractivity contribution < 1.29 is 23.5 Å². The van der Waals surface area contributed by atoms with Crippen molar-refractivity contribution in [2.75, 3.05) is 13.3 Å². The first-order chi connectivity index (χ1) is 11.1. The third kappa shape index (κ3) is 5.08. The summed E-state index contributed by atoms with van der Waals surface area (Å²) in [6.07, 6.45) is 0.304. The minimum atomic E-state index is -3.68. The van der Waals surface area contributed by atoms with Crippen molar-refractivity contribution in [3.05, 3.63) is 26.9 Å². The van der Waals surface area contributed by atoms with Crippen molar-refractivity contribution in [1.82, 2.24) is 9.55 Å². The summed E-state index contributed by atoms with van der Waals surface area (Å²) < 4.78 is 30.2. The van der Waals surface area contributed by atoms with Crippen LogP contribution < -0.4 is 5.56 Å². The van der Waals surface area contributed by atoms with Crippen LogP contribution in [0, 0.1) is 11.7 Å². The first-order valence-electron chi connectivity index (χ1n) is 7.64. The van der Waals surface area contributed by atoms with Gasteiger partial charge in [0.1, 0.15) is 12.3 Å². The number of hydrogen-bond acceptors (Lipinski definition) is 6. The summed E-state index contributed by atoms with van der Waals surface area (Å²) >= 11 is 5.18. The lowest BCUT2D eigenvalue weighted by molar-refractivity contribution is -0.0717. The van der Waals surface area contributed by atoms with Crippen LogP contribution >= 0.6 is 19.8 Å². The van der Waals surface area contributed by atoms with Gasteiger partial charge in [0.05, 0.1) is 18.8 Å². The quantitative estimate of drug-likeness (QED) is 0.577. The Kier molecular flexibility index (Phi) is 6.17. The van der Waals surface area contributed by atoms with E-state index >= 15 is 0 Å². The Labute approximate surface area is 145 Å². The number of aryl methyl sites for hydroxylation is 1. The van der Waals surface area contributed by atoms with Crippen molar-refractivity contribution in [3.63, 3.8) is 0 Å². The standard InChI is InChI=1S/C14H23N2O6PS/c1-8(2)20-7-11-10(22-23(4,18)19)5-12(21-11)16-6-9(3)13(17)15-14(16)24/h6,8,10-12H,5,7H2,1-4H3,(H,18,19)(H,15,17,24)/t10-,11?,12-/m1/s1. The zero-order valence-electron chi connectivity index (χ0n) is 14.1. The normalized spacial score (nSPS) is 26.7. The van der Waals surface area contributed by atoms with E-state index in [4.69, 9.17) is 26.2 Å². The van der Waals surface area contributed by atoms with Gasteiger partial charge in [-0.25, -0.2) is 0 Å². The lowest BCUT2D eigenvalue weighted by Crippen LogP contribution is -2.29. The molecule has 136 valence electrons. The molecule has 4 atom stereocenters. The number of rotatable bonds is 6. The maximum absolute atomic E-state index is 11.6. The molecule has 24 heavy (non-hydrogen) atoms. The Balaban J connectivity index is 2.24. The third-order valence-corrected chi connectivity index (χ3v) is 4.54. The highest BCUT2D eigenvalue weighted by Gasteiger charge is 2.40. The highest BCUT2D eigenvalue weighted by Crippen LogP contribution is 2.44. The number of aromatic amines is 1. The third-order valence-electron chi connectivity index (χ3n) is 3.56. The minimum Gasteiger partial charge on any atom is -0.376 e. The lowest BCUT2D eigenvalue weighted by atomic mass is 10.2. The van der Waals surface area contributed by atoms with Crippen LogP contribution in [0.4, 0.5) is 0 Å². The number of ether oxygens (including phenoxy) is 2. The van der Waals surface area contributed by atoms with Crippen LogP contribution in [0.15, 0.2) is 11.0 Å². The van der Waals surface area contributed by atoms with Gasteiger partial charge in [0, 0.05) is 24.8 Å². The van der Waals surface area contributed by atoms with Gasteiger partial charge >= 0.3 is 7.60 Å². The fourth-order valence-electron chi connectivity index (χ4n) is 2.47. The Morgan fingerprint density at radius 1 is 1.58 bits per heavy atom. The Hall–Kier alpha value is -0.830. The molecule has 0 spiro atoms. The fraction of sp³-hybridized carbons (Fsp3) is 0.714. The van der Waals surface area contributed by atoms with Crippen LogP contribution in [0.3, 0.4) is 0 Å². The van der Waals surface area contributed by atoms with Gasteiger partial charge in [0.25, 0.3) is 5.56 Å². The van der Waals surface area contributed by atoms with E-state index < -0.39 is 26.0 Å². The molecule has 1 saturated heterocycles. The molecule has 2 heterocycles. The summed E-state index contributed by atoms with van der Waals surface area (Å²) in [5.41, 5.74) is 0.241. The van der Waals surface area contributed by atoms with Gasteiger partial charge in [0.2, 0.25) is 0 Å². The molecule has 0 aromatic carbocycles. The summed E-state index contributed by atoms with van der Waals surface area (Å²) in [6, 6.07) is 0. The van der Waals surface area contributed by atoms with Gasteiger partial charge in [-0.1, -0.05) is 0 Å². The van der Waals surface area contributed by atoms with Crippen LogP contribution in [-0.2, 0) is 18.6 Å². The predicted octanol–water partition coefficient (Wildman–Crippen LogP) is 2.13. The molecule has 1 aromatic heterocycles. The SMILES string of the molecule is Cc1cn([C@H]2C[C@@H](OP(C)(=O)O)C(COC(C)C)O2)c(=S)[nH]c1=O. The molecule has 1 aliphatic rings. The Bertz CT molecular complexity index is 740. The molecule has 1 aromatic rings. The van der Waals surface area contributed by atoms with E-state index in [-0.39, 0.29) is 23.0 Å². The molecule has 2 rings (SSSR count). The van der Waals surface area contributed by atoms with Crippen molar-refractivity contribution in [2.45, 2.75) is 51.7 Å². The smallest absolute Gasteiger partial charge is 0.325 e. The summed E-state index contributed by atoms with van der Waals surface area (Å²) in [6.45, 7) is 6.81. The van der Waals surface area contributed by atoms with Crippen molar-refractivity contribution in [1.29, 1.82) is 0 Å². The van der Waals surface area contributed by atoms with E-state index in [0.29, 0.717) is 12.0 Å². The van der Waals surface area contributed by atoms with Gasteiger partial charge in [-0.3, -0.25) is 18.9 Å². The maximum Gasteiger partial charge on any atom is 0.325 e. The van der Waals surface area contributed by atoms with Gasteiger partial charge in [-0.2, -0.15) is 0 Å². The monoisotopic (exact) mass is 378 g/mol. The summed E-state index contributed by atoms with van der Waals surface area (Å²) in [7, 11) is -3.68. The second-order valence-corrected chi connectivity index (χ2v) is 8.38. The zero-order valence-corrected chi connectivity index (χ0v) is 15.8. The predicted molar refractivity (Wildman–Crippen MR) is 90.9 cm³/mol. The van der Waals surface area contributed by atoms with Crippen LogP contribution in [0.1, 0.15) is 32.1 Å². The lowest BCUT2D eigenvalue weighted by Gasteiger charge is -2.21. The number of aromatic nitrogens is 2. The number of H-pyrrole nitrogens is 1. The molecule has 0 radical (unpaired) electrons. The maximum atomic E-state index is 11.6. The molecule has 2 unspecified atom stereocenters. The van der Waals surface area contributed by atoms with E-state index in [1.54, 1.807) is 17.7 Å². The van der Waals surface area contributed by atoms with Gasteiger partial charge < -0.3 is 18.9 Å². The number of nitrogens with zero attached hydrogens (tertiary/aromatic N) is 1. The van der Waals surface area contributed by atoms with Crippen LogP contribution in [0.25, 0.3) is 0 Å². The molecule has 0 aliphatic carbocycles. The van der Waals surface area contributed by atoms with E-state index in [1.165, 1.54) is 0 Å². The van der Waals surface area contributed by atoms with E-state index in [0.717, 1.165) is 6.66 Å². The zero-order chi connectivity index (χ0) is 18.1. The molecule has 10 heteroatoms. The average molecular weight is 378 g/mol. The van der Waals surface area contributed by atoms with E-state index in [9.17, 15) is 14.3 Å². The van der Waals surface area contributed by atoms with Crippen molar-refractivity contribution >= 4 is 19.8 Å². The van der Waals surface area contributed by atoms with Gasteiger partial charge in [-0.15, -0.1) is 0 Å². The first kappa shape index (κ1) is 19.5. The molecule has 0 saturated carbocycles. The minimum absolute atomic E-state index is 0.00616. The molecule has 0 amide bonds. The van der Waals surface area contributed by atoms with Crippen LogP contribution in [0.2, 0.25) is 0 Å². The second kappa shape index (κ2) is 7.59. The fourth-order valence-corrected chi connectivity index (χ4v) is 3.46. The largest absolute Gasteiger partial charge is 0.376 e. The highest BCUT2D eigenvalue weighted by atomic mass is 32.1. The first-order valence-corrected chi connectivity index (χ1v) is 10.1. The van der Waals surface area contributed by atoms with E-state index in [1.807, 2.05) is 13.8 Å². The van der Waals surface area contributed by atoms with Gasteiger partial charge in [-0.05, 0) is 33.0 Å². The molecule has 1 aliphatic heterocycles. The van der Waals surface area contributed by atoms with Crippen LogP contribution in [-0.4, -0.2) is 46.0 Å². The van der Waals surface area contributed by atoms with E-state index in [2.05, 4.69) is 4.98 Å². The highest BCUT2D eigenvalue weighted by molar-refractivity contribution is 7.71.